The molecule has 1 unspecified atom stereocenters. The third-order valence-corrected chi connectivity index (χ3v) is 5.60. The fourth-order valence-electron chi connectivity index (χ4n) is 2.65. The summed E-state index contributed by atoms with van der Waals surface area (Å²) < 4.78 is 32.7. The Kier molecular flexibility index (Phi) is 5.37. The molecular formula is C15H24N2O3S. The molecule has 2 N–H and O–H groups in total. The second-order valence-electron chi connectivity index (χ2n) is 5.47. The van der Waals surface area contributed by atoms with Crippen molar-refractivity contribution in [3.63, 3.8) is 0 Å². The number of methoxy groups -OCH3 is 1. The lowest BCUT2D eigenvalue weighted by Crippen LogP contribution is -2.47. The molecule has 1 aliphatic carbocycles. The van der Waals surface area contributed by atoms with Crippen molar-refractivity contribution in [3.05, 3.63) is 29.8 Å². The van der Waals surface area contributed by atoms with Gasteiger partial charge in [0.25, 0.3) is 0 Å². The van der Waals surface area contributed by atoms with Gasteiger partial charge in [-0.2, -0.15) is 0 Å². The van der Waals surface area contributed by atoms with Crippen molar-refractivity contribution in [1.82, 2.24) is 10.0 Å². The second-order valence-corrected chi connectivity index (χ2v) is 7.18. The molecule has 21 heavy (non-hydrogen) atoms. The molecule has 1 aromatic carbocycles. The van der Waals surface area contributed by atoms with Gasteiger partial charge in [0.15, 0.2) is 0 Å². The van der Waals surface area contributed by atoms with E-state index >= 15 is 0 Å². The summed E-state index contributed by atoms with van der Waals surface area (Å²) in [5.41, 5.74) is 0.992. The first-order valence-electron chi connectivity index (χ1n) is 7.32. The van der Waals surface area contributed by atoms with Crippen LogP contribution in [0.5, 0.6) is 0 Å². The standard InChI is InChI=1S/C15H24N2O3S/c1-4-15(16-2)11-6-5-7-14(8-11)21(18,19)17-12-9-13(10-12)20-3/h5-8,12-13,15-17H,4,9-10H2,1-3H3. The van der Waals surface area contributed by atoms with Gasteiger partial charge in [-0.25, -0.2) is 13.1 Å². The largest absolute Gasteiger partial charge is 0.381 e. The molecule has 2 rings (SSSR count). The number of sulfonamides is 1. The number of benzene rings is 1. The van der Waals surface area contributed by atoms with E-state index in [1.807, 2.05) is 13.1 Å². The monoisotopic (exact) mass is 312 g/mol. The third kappa shape index (κ3) is 3.83. The molecule has 5 nitrogen and oxygen atoms in total. The van der Waals surface area contributed by atoms with Crippen LogP contribution in [0, 0.1) is 0 Å². The molecule has 1 saturated carbocycles. The van der Waals surface area contributed by atoms with Gasteiger partial charge in [0.1, 0.15) is 0 Å². The van der Waals surface area contributed by atoms with E-state index in [4.69, 9.17) is 4.74 Å². The van der Waals surface area contributed by atoms with Crippen LogP contribution in [0.25, 0.3) is 0 Å². The first-order valence-corrected chi connectivity index (χ1v) is 8.80. The summed E-state index contributed by atoms with van der Waals surface area (Å²) >= 11 is 0. The average Bonchev–Trinajstić information content (AvgIpc) is 2.44. The summed E-state index contributed by atoms with van der Waals surface area (Å²) in [6.07, 6.45) is 2.57. The molecule has 1 fully saturated rings. The minimum Gasteiger partial charge on any atom is -0.381 e. The van der Waals surface area contributed by atoms with Crippen LogP contribution in [0.1, 0.15) is 37.8 Å². The van der Waals surface area contributed by atoms with Crippen LogP contribution >= 0.6 is 0 Å². The van der Waals surface area contributed by atoms with Crippen molar-refractivity contribution in [2.45, 2.75) is 49.3 Å². The molecule has 6 heteroatoms. The Hall–Kier alpha value is -0.950. The zero-order valence-corrected chi connectivity index (χ0v) is 13.6. The summed E-state index contributed by atoms with van der Waals surface area (Å²) in [6.45, 7) is 2.07. The summed E-state index contributed by atoms with van der Waals surface area (Å²) in [6, 6.07) is 7.29. The van der Waals surface area contributed by atoms with Crippen LogP contribution in [-0.2, 0) is 14.8 Å². The molecule has 1 aromatic rings. The quantitative estimate of drug-likeness (QED) is 0.806. The number of hydrogen-bond acceptors (Lipinski definition) is 4. The molecule has 0 saturated heterocycles. The highest BCUT2D eigenvalue weighted by Crippen LogP contribution is 2.25. The normalized spacial score (nSPS) is 23.6. The van der Waals surface area contributed by atoms with Crippen LogP contribution in [0.3, 0.4) is 0 Å². The Labute approximate surface area is 127 Å². The lowest BCUT2D eigenvalue weighted by atomic mass is 9.90. The van der Waals surface area contributed by atoms with Gasteiger partial charge >= 0.3 is 0 Å². The van der Waals surface area contributed by atoms with Crippen LogP contribution in [-0.4, -0.2) is 34.7 Å². The molecule has 118 valence electrons. The smallest absolute Gasteiger partial charge is 0.240 e. The summed E-state index contributed by atoms with van der Waals surface area (Å²) in [5, 5.41) is 3.19. The lowest BCUT2D eigenvalue weighted by molar-refractivity contribution is 0.0236. The molecular weight excluding hydrogens is 288 g/mol. The summed E-state index contributed by atoms with van der Waals surface area (Å²) in [7, 11) is 0.0782. The molecule has 0 amide bonds. The molecule has 0 radical (unpaired) electrons. The van der Waals surface area contributed by atoms with Crippen LogP contribution in [0.15, 0.2) is 29.2 Å². The predicted molar refractivity (Wildman–Crippen MR) is 82.7 cm³/mol. The van der Waals surface area contributed by atoms with Gasteiger partial charge < -0.3 is 10.1 Å². The van der Waals surface area contributed by atoms with Gasteiger partial charge in [-0.1, -0.05) is 19.1 Å². The second kappa shape index (κ2) is 6.87. The molecule has 1 atom stereocenters. The van der Waals surface area contributed by atoms with Crippen LogP contribution in [0.4, 0.5) is 0 Å². The van der Waals surface area contributed by atoms with Gasteiger partial charge in [-0.15, -0.1) is 0 Å². The fraction of sp³-hybridized carbons (Fsp3) is 0.600. The minimum absolute atomic E-state index is 0.0186. The van der Waals surface area contributed by atoms with E-state index in [-0.39, 0.29) is 18.2 Å². The summed E-state index contributed by atoms with van der Waals surface area (Å²) in [5.74, 6) is 0. The topological polar surface area (TPSA) is 67.4 Å². The zero-order chi connectivity index (χ0) is 15.5. The van der Waals surface area contributed by atoms with Crippen molar-refractivity contribution in [3.8, 4) is 0 Å². The van der Waals surface area contributed by atoms with E-state index in [2.05, 4.69) is 17.0 Å². The maximum absolute atomic E-state index is 12.4. The minimum atomic E-state index is -3.46. The average molecular weight is 312 g/mol. The van der Waals surface area contributed by atoms with E-state index < -0.39 is 10.0 Å². The van der Waals surface area contributed by atoms with Crippen molar-refractivity contribution in [2.75, 3.05) is 14.2 Å². The van der Waals surface area contributed by atoms with E-state index in [0.717, 1.165) is 24.8 Å². The number of hydrogen-bond donors (Lipinski definition) is 2. The lowest BCUT2D eigenvalue weighted by Gasteiger charge is -2.34. The molecule has 0 heterocycles. The molecule has 0 bridgehead atoms. The highest BCUT2D eigenvalue weighted by Gasteiger charge is 2.32. The van der Waals surface area contributed by atoms with Gasteiger partial charge in [-0.05, 0) is 44.0 Å². The maximum atomic E-state index is 12.4. The Morgan fingerprint density at radius 3 is 2.67 bits per heavy atom. The predicted octanol–water partition coefficient (Wildman–Crippen LogP) is 1.81. The Morgan fingerprint density at radius 1 is 1.38 bits per heavy atom. The van der Waals surface area contributed by atoms with Gasteiger partial charge in [-0.3, -0.25) is 0 Å². The first kappa shape index (κ1) is 16.4. The Bertz CT molecular complexity index is 564. The number of ether oxygens (including phenoxy) is 1. The van der Waals surface area contributed by atoms with E-state index in [9.17, 15) is 8.42 Å². The van der Waals surface area contributed by atoms with Gasteiger partial charge in [0, 0.05) is 19.2 Å². The molecule has 0 aliphatic heterocycles. The fourth-order valence-corrected chi connectivity index (χ4v) is 3.96. The van der Waals surface area contributed by atoms with Crippen molar-refractivity contribution >= 4 is 10.0 Å². The number of rotatable bonds is 7. The third-order valence-electron chi connectivity index (χ3n) is 4.08. The van der Waals surface area contributed by atoms with E-state index in [0.29, 0.717) is 4.90 Å². The first-order chi connectivity index (χ1) is 10.00. The number of nitrogens with one attached hydrogen (secondary N) is 2. The van der Waals surface area contributed by atoms with E-state index in [1.165, 1.54) is 0 Å². The van der Waals surface area contributed by atoms with Gasteiger partial charge in [0.2, 0.25) is 10.0 Å². The molecule has 0 aromatic heterocycles. The Balaban J connectivity index is 2.11. The van der Waals surface area contributed by atoms with Crippen LogP contribution in [0.2, 0.25) is 0 Å². The van der Waals surface area contributed by atoms with Crippen molar-refractivity contribution in [1.29, 1.82) is 0 Å². The molecule has 0 spiro atoms. The molecule has 1 aliphatic rings. The van der Waals surface area contributed by atoms with Crippen molar-refractivity contribution in [2.24, 2.45) is 0 Å². The van der Waals surface area contributed by atoms with Crippen LogP contribution < -0.4 is 10.0 Å². The van der Waals surface area contributed by atoms with Gasteiger partial charge in [0.05, 0.1) is 11.0 Å². The SMILES string of the molecule is CCC(NC)c1cccc(S(=O)(=O)NC2CC(OC)C2)c1. The maximum Gasteiger partial charge on any atom is 0.240 e. The Morgan fingerprint density at radius 2 is 2.10 bits per heavy atom. The van der Waals surface area contributed by atoms with Crippen molar-refractivity contribution < 1.29 is 13.2 Å². The zero-order valence-electron chi connectivity index (χ0n) is 12.8. The summed E-state index contributed by atoms with van der Waals surface area (Å²) in [4.78, 5) is 0.328. The highest BCUT2D eigenvalue weighted by molar-refractivity contribution is 7.89. The highest BCUT2D eigenvalue weighted by atomic mass is 32.2. The van der Waals surface area contributed by atoms with E-state index in [1.54, 1.807) is 25.3 Å².